The number of aliphatic hydroxyl groups excluding tert-OH is 1. The third-order valence-electron chi connectivity index (χ3n) is 8.22. The lowest BCUT2D eigenvalue weighted by Gasteiger charge is -2.44. The summed E-state index contributed by atoms with van der Waals surface area (Å²) in [6.07, 6.45) is -8.44. The van der Waals surface area contributed by atoms with Crippen molar-refractivity contribution >= 4 is 35.6 Å². The van der Waals surface area contributed by atoms with Crippen molar-refractivity contribution in [1.29, 1.82) is 0 Å². The summed E-state index contributed by atoms with van der Waals surface area (Å²) < 4.78 is 23.5. The summed E-state index contributed by atoms with van der Waals surface area (Å²) in [5, 5.41) is 15.5. The molecule has 3 amide bonds. The Hall–Kier alpha value is -6.38. The van der Waals surface area contributed by atoms with Gasteiger partial charge in [-0.15, -0.1) is 0 Å². The van der Waals surface area contributed by atoms with Gasteiger partial charge in [0, 0.05) is 12.0 Å². The van der Waals surface area contributed by atoms with Gasteiger partial charge in [-0.05, 0) is 55.0 Å². The maximum absolute atomic E-state index is 13.5. The van der Waals surface area contributed by atoms with Crippen molar-refractivity contribution in [2.75, 3.05) is 6.61 Å². The number of esters is 3. The Morgan fingerprint density at radius 2 is 1.04 bits per heavy atom. The third kappa shape index (κ3) is 10.1. The largest absolute Gasteiger partial charge is 0.452 e. The molecule has 0 spiro atoms. The van der Waals surface area contributed by atoms with Crippen molar-refractivity contribution in [3.63, 3.8) is 0 Å². The standard InChI is InChI=1S/C39H37N3O11/c40-34(45)28(41-35(46)24-13-5-1-6-14-24)21-22-30(44)42-36-33(53-39(49)27-19-11-4-12-20-27)32(52-38(48)26-17-9-3-10-18-26)31(29(23-43)50-36)51-37(47)25-15-7-2-8-16-25/h1-20,28-29,31-33,36,43H,21-23H2,(H2,40,45)(H,41,46)(H,42,44)/t28-,29+,31-,32-,33+,36+/m0/s1. The second kappa shape index (κ2) is 18.2. The van der Waals surface area contributed by atoms with Gasteiger partial charge in [-0.25, -0.2) is 14.4 Å². The predicted octanol–water partition coefficient (Wildman–Crippen LogP) is 2.56. The number of rotatable bonds is 14. The fourth-order valence-electron chi connectivity index (χ4n) is 5.50. The van der Waals surface area contributed by atoms with Gasteiger partial charge >= 0.3 is 17.9 Å². The molecule has 1 heterocycles. The molecule has 0 radical (unpaired) electrons. The van der Waals surface area contributed by atoms with Crippen LogP contribution in [0, 0.1) is 0 Å². The number of amides is 3. The average molecular weight is 724 g/mol. The minimum absolute atomic E-state index is 0.103. The van der Waals surface area contributed by atoms with E-state index in [0.717, 1.165) is 0 Å². The number of carbonyl (C=O) groups is 6. The number of benzene rings is 4. The van der Waals surface area contributed by atoms with E-state index in [1.165, 1.54) is 36.4 Å². The molecule has 5 N–H and O–H groups in total. The van der Waals surface area contributed by atoms with Crippen molar-refractivity contribution in [1.82, 2.24) is 10.6 Å². The van der Waals surface area contributed by atoms with Crippen molar-refractivity contribution < 1.29 is 52.8 Å². The lowest BCUT2D eigenvalue weighted by Crippen LogP contribution is -2.66. The molecule has 0 unspecified atom stereocenters. The summed E-state index contributed by atoms with van der Waals surface area (Å²) >= 11 is 0. The molecule has 0 saturated carbocycles. The first-order valence-corrected chi connectivity index (χ1v) is 16.6. The number of primary amides is 1. The molecule has 0 aromatic heterocycles. The van der Waals surface area contributed by atoms with E-state index in [-0.39, 0.29) is 35.1 Å². The molecule has 0 bridgehead atoms. The average Bonchev–Trinajstić information content (AvgIpc) is 3.19. The van der Waals surface area contributed by atoms with Gasteiger partial charge in [0.15, 0.2) is 24.5 Å². The van der Waals surface area contributed by atoms with E-state index < -0.39 is 78.9 Å². The highest BCUT2D eigenvalue weighted by Crippen LogP contribution is 2.30. The zero-order chi connectivity index (χ0) is 37.7. The number of aliphatic hydroxyl groups is 1. The zero-order valence-electron chi connectivity index (χ0n) is 28.2. The molecular formula is C39H37N3O11. The van der Waals surface area contributed by atoms with E-state index >= 15 is 0 Å². The van der Waals surface area contributed by atoms with E-state index in [9.17, 15) is 33.9 Å². The quantitative estimate of drug-likeness (QED) is 0.110. The van der Waals surface area contributed by atoms with Crippen molar-refractivity contribution in [2.24, 2.45) is 5.73 Å². The smallest absolute Gasteiger partial charge is 0.338 e. The monoisotopic (exact) mass is 723 g/mol. The third-order valence-corrected chi connectivity index (χ3v) is 8.22. The SMILES string of the molecule is NC(=O)[C@H](CCC(=O)N[C@@H]1O[C@H](CO)[C@H](OC(=O)c2ccccc2)[C@H](OC(=O)c2ccccc2)[C@H]1OC(=O)c1ccccc1)NC(=O)c1ccccc1. The second-order valence-electron chi connectivity index (χ2n) is 11.9. The fraction of sp³-hybridized carbons (Fsp3) is 0.231. The van der Waals surface area contributed by atoms with Gasteiger partial charge in [-0.3, -0.25) is 14.4 Å². The highest BCUT2D eigenvalue weighted by Gasteiger charge is 2.53. The summed E-state index contributed by atoms with van der Waals surface area (Å²) in [4.78, 5) is 78.6. The number of nitrogens with two attached hydrogens (primary N) is 1. The molecule has 0 aliphatic carbocycles. The number of nitrogens with one attached hydrogen (secondary N) is 2. The van der Waals surface area contributed by atoms with E-state index in [4.69, 9.17) is 24.7 Å². The van der Waals surface area contributed by atoms with Crippen molar-refractivity contribution in [3.8, 4) is 0 Å². The van der Waals surface area contributed by atoms with Gasteiger partial charge < -0.3 is 40.4 Å². The lowest BCUT2D eigenvalue weighted by atomic mass is 9.96. The molecule has 5 rings (SSSR count). The summed E-state index contributed by atoms with van der Waals surface area (Å²) in [7, 11) is 0. The van der Waals surface area contributed by atoms with Crippen LogP contribution in [0.4, 0.5) is 0 Å². The first-order chi connectivity index (χ1) is 25.6. The summed E-state index contributed by atoms with van der Waals surface area (Å²) in [5.74, 6) is -4.86. The van der Waals surface area contributed by atoms with Crippen LogP contribution in [0.3, 0.4) is 0 Å². The molecule has 4 aromatic carbocycles. The van der Waals surface area contributed by atoms with Crippen LogP contribution in [-0.4, -0.2) is 84.0 Å². The van der Waals surface area contributed by atoms with Gasteiger partial charge in [-0.1, -0.05) is 72.8 Å². The molecule has 1 saturated heterocycles. The number of hydrogen-bond acceptors (Lipinski definition) is 11. The van der Waals surface area contributed by atoms with Crippen LogP contribution in [0.2, 0.25) is 0 Å². The van der Waals surface area contributed by atoms with Crippen LogP contribution >= 0.6 is 0 Å². The molecule has 4 aromatic rings. The first-order valence-electron chi connectivity index (χ1n) is 16.6. The van der Waals surface area contributed by atoms with Crippen molar-refractivity contribution in [3.05, 3.63) is 144 Å². The van der Waals surface area contributed by atoms with Gasteiger partial charge in [-0.2, -0.15) is 0 Å². The fourth-order valence-corrected chi connectivity index (χ4v) is 5.50. The minimum atomic E-state index is -1.65. The van der Waals surface area contributed by atoms with E-state index in [1.54, 1.807) is 84.9 Å². The molecule has 53 heavy (non-hydrogen) atoms. The lowest BCUT2D eigenvalue weighted by molar-refractivity contribution is -0.235. The van der Waals surface area contributed by atoms with Crippen LogP contribution in [0.1, 0.15) is 54.3 Å². The maximum atomic E-state index is 13.5. The Balaban J connectivity index is 1.43. The molecule has 274 valence electrons. The van der Waals surface area contributed by atoms with Crippen LogP contribution in [0.15, 0.2) is 121 Å². The van der Waals surface area contributed by atoms with Crippen molar-refractivity contribution in [2.45, 2.75) is 49.5 Å². The van der Waals surface area contributed by atoms with Crippen LogP contribution in [0.25, 0.3) is 0 Å². The highest BCUT2D eigenvalue weighted by molar-refractivity contribution is 5.97. The van der Waals surface area contributed by atoms with Crippen LogP contribution in [0.5, 0.6) is 0 Å². The summed E-state index contributed by atoms with van der Waals surface area (Å²) in [5.41, 5.74) is 6.14. The minimum Gasteiger partial charge on any atom is -0.452 e. The number of hydrogen-bond donors (Lipinski definition) is 4. The second-order valence-corrected chi connectivity index (χ2v) is 11.9. The van der Waals surface area contributed by atoms with Gasteiger partial charge in [0.05, 0.1) is 23.3 Å². The van der Waals surface area contributed by atoms with E-state index in [0.29, 0.717) is 0 Å². The van der Waals surface area contributed by atoms with Crippen LogP contribution < -0.4 is 16.4 Å². The van der Waals surface area contributed by atoms with Crippen LogP contribution in [-0.2, 0) is 28.5 Å². The Morgan fingerprint density at radius 3 is 1.47 bits per heavy atom. The highest BCUT2D eigenvalue weighted by atomic mass is 16.7. The molecule has 1 fully saturated rings. The normalized spacial score (nSPS) is 19.8. The number of ether oxygens (including phenoxy) is 4. The zero-order valence-corrected chi connectivity index (χ0v) is 28.2. The Bertz CT molecular complexity index is 1880. The number of carbonyl (C=O) groups excluding carboxylic acids is 6. The predicted molar refractivity (Wildman–Crippen MR) is 187 cm³/mol. The molecule has 1 aliphatic heterocycles. The molecule has 1 aliphatic rings. The Morgan fingerprint density at radius 1 is 0.623 bits per heavy atom. The first kappa shape index (κ1) is 37.9. The van der Waals surface area contributed by atoms with Gasteiger partial charge in [0.1, 0.15) is 12.1 Å². The summed E-state index contributed by atoms with van der Waals surface area (Å²) in [6, 6.07) is 30.4. The topological polar surface area (TPSA) is 210 Å². The summed E-state index contributed by atoms with van der Waals surface area (Å²) in [6.45, 7) is -0.785. The maximum Gasteiger partial charge on any atom is 0.338 e. The Kier molecular flexibility index (Phi) is 13.0. The molecule has 14 nitrogen and oxygen atoms in total. The molecule has 6 atom stereocenters. The van der Waals surface area contributed by atoms with E-state index in [1.807, 2.05) is 0 Å². The molecule has 14 heteroatoms. The van der Waals surface area contributed by atoms with Gasteiger partial charge in [0.25, 0.3) is 5.91 Å². The van der Waals surface area contributed by atoms with Gasteiger partial charge in [0.2, 0.25) is 11.8 Å². The Labute approximate surface area is 304 Å². The van der Waals surface area contributed by atoms with E-state index in [2.05, 4.69) is 10.6 Å². The molecular weight excluding hydrogens is 686 g/mol.